The average Bonchev–Trinajstić information content (AvgIpc) is 2.96. The van der Waals surface area contributed by atoms with Crippen LogP contribution in [-0.4, -0.2) is 45.9 Å². The molecule has 2 aliphatic rings. The molecule has 4 heterocycles. The molecule has 1 N–H and O–H groups in total. The average molecular weight is 583 g/mol. The first kappa shape index (κ1) is 28.5. The van der Waals surface area contributed by atoms with Crippen molar-refractivity contribution in [3.05, 3.63) is 70.6 Å². The Labute approximate surface area is 251 Å². The number of fused-ring (bicyclic) bond motifs is 4. The summed E-state index contributed by atoms with van der Waals surface area (Å²) < 4.78 is 13.4. The fourth-order valence-corrected chi connectivity index (χ4v) is 5.71. The molecule has 4 bridgehead atoms. The molecule has 0 unspecified atom stereocenters. The van der Waals surface area contributed by atoms with Gasteiger partial charge in [0.05, 0.1) is 18.0 Å². The highest BCUT2D eigenvalue weighted by molar-refractivity contribution is 5.97. The number of ether oxygens (including phenoxy) is 2. The quantitative estimate of drug-likeness (QED) is 0.265. The van der Waals surface area contributed by atoms with Crippen LogP contribution in [0.5, 0.6) is 5.75 Å². The van der Waals surface area contributed by atoms with Gasteiger partial charge in [-0.3, -0.25) is 14.3 Å². The number of carbonyl (C=O) groups excluding carboxylic acids is 1. The number of pyridine rings is 1. The maximum absolute atomic E-state index is 14.3. The van der Waals surface area contributed by atoms with Gasteiger partial charge in [-0.05, 0) is 70.4 Å². The molecule has 0 spiro atoms. The molecule has 43 heavy (non-hydrogen) atoms. The molecule has 4 aromatic rings. The molecule has 10 nitrogen and oxygen atoms in total. The Balaban J connectivity index is 1.43. The monoisotopic (exact) mass is 582 g/mol. The number of amides is 1. The zero-order valence-corrected chi connectivity index (χ0v) is 25.2. The summed E-state index contributed by atoms with van der Waals surface area (Å²) >= 11 is 0. The molecule has 10 heteroatoms. The van der Waals surface area contributed by atoms with Crippen LogP contribution >= 0.6 is 0 Å². The highest BCUT2D eigenvalue weighted by Crippen LogP contribution is 2.40. The highest BCUT2D eigenvalue weighted by Gasteiger charge is 2.33. The largest absolute Gasteiger partial charge is 0.494 e. The molecule has 0 fully saturated rings. The fraction of sp³-hybridized carbons (Fsp3) is 0.394. The van der Waals surface area contributed by atoms with Crippen molar-refractivity contribution in [1.29, 1.82) is 0 Å². The molecule has 0 radical (unpaired) electrons. The lowest BCUT2D eigenvalue weighted by atomic mass is 10.1. The summed E-state index contributed by atoms with van der Waals surface area (Å²) in [5.74, 6) is 1.21. The van der Waals surface area contributed by atoms with Crippen LogP contribution in [0.2, 0.25) is 0 Å². The molecule has 2 aromatic heterocycles. The van der Waals surface area contributed by atoms with Crippen LogP contribution in [0.3, 0.4) is 0 Å². The number of hydrogen-bond acceptors (Lipinski definition) is 8. The van der Waals surface area contributed by atoms with E-state index in [1.807, 2.05) is 81.1 Å². The molecular formula is C33H38N6O4. The SMILES string of the molecule is Cc1cccc2c1N(C(=O)OC(C)(C)C)CCN2c1cc2cnc3nc2n(c1=O)CCCCCCOc1cccc(c1)N3. The Bertz CT molecular complexity index is 1730. The highest BCUT2D eigenvalue weighted by atomic mass is 16.6. The molecule has 0 saturated heterocycles. The predicted molar refractivity (Wildman–Crippen MR) is 169 cm³/mol. The standard InChI is InChI=1S/C33H38N6O4/c1-22-11-9-14-26-28(22)38(32(41)43-33(2,3)4)17-16-37(26)27-19-23-21-34-31-35-24-12-10-13-25(20-24)42-18-8-6-5-7-15-39(30(27)40)29(23)36-31/h9-14,19-21H,5-8,15-18H2,1-4H3,(H,34,35,36). The Morgan fingerprint density at radius 1 is 0.977 bits per heavy atom. The first-order valence-electron chi connectivity index (χ1n) is 15.0. The molecule has 2 aliphatic heterocycles. The number of carbonyl (C=O) groups is 1. The van der Waals surface area contributed by atoms with Crippen LogP contribution in [0.1, 0.15) is 52.0 Å². The van der Waals surface area contributed by atoms with Gasteiger partial charge in [0.25, 0.3) is 5.56 Å². The summed E-state index contributed by atoms with van der Waals surface area (Å²) in [5, 5.41) is 4.04. The maximum Gasteiger partial charge on any atom is 0.414 e. The second kappa shape index (κ2) is 11.6. The summed E-state index contributed by atoms with van der Waals surface area (Å²) in [6, 6.07) is 15.5. The van der Waals surface area contributed by atoms with E-state index < -0.39 is 11.7 Å². The predicted octanol–water partition coefficient (Wildman–Crippen LogP) is 6.69. The minimum Gasteiger partial charge on any atom is -0.494 e. The van der Waals surface area contributed by atoms with Crippen molar-refractivity contribution in [2.45, 2.75) is 65.5 Å². The minimum atomic E-state index is -0.621. The third-order valence-electron chi connectivity index (χ3n) is 7.67. The number of nitrogens with one attached hydrogen (secondary N) is 1. The number of benzene rings is 2. The number of rotatable bonds is 1. The van der Waals surface area contributed by atoms with Crippen LogP contribution < -0.4 is 25.4 Å². The number of aryl methyl sites for hydroxylation is 2. The maximum atomic E-state index is 14.3. The van der Waals surface area contributed by atoms with Gasteiger partial charge in [0.15, 0.2) is 0 Å². The topological polar surface area (TPSA) is 102 Å². The zero-order chi connectivity index (χ0) is 30.1. The van der Waals surface area contributed by atoms with Crippen LogP contribution in [0.25, 0.3) is 11.0 Å². The first-order chi connectivity index (χ1) is 20.7. The normalized spacial score (nSPS) is 15.6. The van der Waals surface area contributed by atoms with Crippen molar-refractivity contribution in [1.82, 2.24) is 14.5 Å². The Hall–Kier alpha value is -4.60. The van der Waals surface area contributed by atoms with E-state index in [0.717, 1.165) is 59.4 Å². The van der Waals surface area contributed by atoms with Crippen molar-refractivity contribution in [3.8, 4) is 5.75 Å². The van der Waals surface area contributed by atoms with Gasteiger partial charge < -0.3 is 19.7 Å². The summed E-state index contributed by atoms with van der Waals surface area (Å²) in [5.41, 5.74) is 3.66. The van der Waals surface area contributed by atoms with Crippen LogP contribution in [-0.2, 0) is 11.3 Å². The molecule has 0 aliphatic carbocycles. The Kier molecular flexibility index (Phi) is 7.68. The zero-order valence-electron chi connectivity index (χ0n) is 25.2. The van der Waals surface area contributed by atoms with Gasteiger partial charge in [-0.25, -0.2) is 9.78 Å². The lowest BCUT2D eigenvalue weighted by Gasteiger charge is -2.39. The molecule has 224 valence electrons. The molecule has 6 rings (SSSR count). The number of aromatic nitrogens is 3. The summed E-state index contributed by atoms with van der Waals surface area (Å²) in [7, 11) is 0. The second-order valence-corrected chi connectivity index (χ2v) is 12.1. The van der Waals surface area contributed by atoms with E-state index >= 15 is 0 Å². The number of para-hydroxylation sites is 1. The van der Waals surface area contributed by atoms with E-state index in [2.05, 4.69) is 10.3 Å². The van der Waals surface area contributed by atoms with Crippen LogP contribution in [0.4, 0.5) is 33.5 Å². The lowest BCUT2D eigenvalue weighted by molar-refractivity contribution is 0.0580. The number of anilines is 5. The van der Waals surface area contributed by atoms with Gasteiger partial charge >= 0.3 is 6.09 Å². The number of hydrogen-bond donors (Lipinski definition) is 1. The summed E-state index contributed by atoms with van der Waals surface area (Å²) in [6.07, 6.45) is 5.11. The van der Waals surface area contributed by atoms with E-state index in [9.17, 15) is 9.59 Å². The van der Waals surface area contributed by atoms with Gasteiger partial charge in [0.2, 0.25) is 5.95 Å². The lowest BCUT2D eigenvalue weighted by Crippen LogP contribution is -2.46. The van der Waals surface area contributed by atoms with Gasteiger partial charge in [-0.15, -0.1) is 0 Å². The Morgan fingerprint density at radius 3 is 2.63 bits per heavy atom. The van der Waals surface area contributed by atoms with Gasteiger partial charge in [-0.2, -0.15) is 4.98 Å². The molecule has 0 atom stereocenters. The summed E-state index contributed by atoms with van der Waals surface area (Å²) in [4.78, 5) is 40.6. The van der Waals surface area contributed by atoms with Crippen molar-refractivity contribution in [2.75, 3.05) is 34.8 Å². The van der Waals surface area contributed by atoms with Gasteiger partial charge in [0, 0.05) is 43.0 Å². The number of nitrogens with zero attached hydrogens (tertiary/aromatic N) is 5. The first-order valence-corrected chi connectivity index (χ1v) is 15.0. The van der Waals surface area contributed by atoms with E-state index in [0.29, 0.717) is 43.5 Å². The molecular weight excluding hydrogens is 544 g/mol. The Morgan fingerprint density at radius 2 is 1.79 bits per heavy atom. The van der Waals surface area contributed by atoms with E-state index in [1.54, 1.807) is 15.7 Å². The van der Waals surface area contributed by atoms with Crippen molar-refractivity contribution in [2.24, 2.45) is 0 Å². The fourth-order valence-electron chi connectivity index (χ4n) is 5.71. The summed E-state index contributed by atoms with van der Waals surface area (Å²) in [6.45, 7) is 9.54. The van der Waals surface area contributed by atoms with E-state index in [4.69, 9.17) is 14.5 Å². The van der Waals surface area contributed by atoms with E-state index in [1.165, 1.54) is 0 Å². The second-order valence-electron chi connectivity index (χ2n) is 12.1. The van der Waals surface area contributed by atoms with Gasteiger partial charge in [0.1, 0.15) is 22.7 Å². The van der Waals surface area contributed by atoms with E-state index in [-0.39, 0.29) is 5.56 Å². The van der Waals surface area contributed by atoms with Crippen molar-refractivity contribution < 1.29 is 14.3 Å². The van der Waals surface area contributed by atoms with Crippen LogP contribution in [0.15, 0.2) is 59.5 Å². The third-order valence-corrected chi connectivity index (χ3v) is 7.67. The molecule has 2 aromatic carbocycles. The van der Waals surface area contributed by atoms with Crippen molar-refractivity contribution in [3.63, 3.8) is 0 Å². The molecule has 1 amide bonds. The third kappa shape index (κ3) is 6.00. The van der Waals surface area contributed by atoms with Crippen molar-refractivity contribution >= 4 is 45.8 Å². The smallest absolute Gasteiger partial charge is 0.414 e. The van der Waals surface area contributed by atoms with Gasteiger partial charge in [-0.1, -0.05) is 31.0 Å². The molecule has 0 saturated carbocycles. The minimum absolute atomic E-state index is 0.120. The van der Waals surface area contributed by atoms with Crippen LogP contribution in [0, 0.1) is 6.92 Å².